The first-order valence-corrected chi connectivity index (χ1v) is 8.01. The van der Waals surface area contributed by atoms with Crippen LogP contribution in [0.1, 0.15) is 17.5 Å². The van der Waals surface area contributed by atoms with Gasteiger partial charge in [0, 0.05) is 23.1 Å². The van der Waals surface area contributed by atoms with Gasteiger partial charge in [-0.15, -0.1) is 22.0 Å². The summed E-state index contributed by atoms with van der Waals surface area (Å²) in [5.41, 5.74) is 1.28. The van der Waals surface area contributed by atoms with Gasteiger partial charge in [0.2, 0.25) is 5.13 Å². The van der Waals surface area contributed by atoms with E-state index in [1.165, 1.54) is 5.56 Å². The summed E-state index contributed by atoms with van der Waals surface area (Å²) < 4.78 is 0. The normalized spacial score (nSPS) is 10.6. The lowest BCUT2D eigenvalue weighted by molar-refractivity contribution is 1.03. The molecular weight excluding hydrogens is 286 g/mol. The van der Waals surface area contributed by atoms with E-state index in [4.69, 9.17) is 11.6 Å². The maximum atomic E-state index is 5.84. The summed E-state index contributed by atoms with van der Waals surface area (Å²) >= 11 is 9.30. The molecule has 1 heterocycles. The van der Waals surface area contributed by atoms with Crippen LogP contribution < -0.4 is 5.32 Å². The molecule has 0 aliphatic rings. The molecule has 0 radical (unpaired) electrons. The molecule has 0 saturated carbocycles. The van der Waals surface area contributed by atoms with E-state index in [0.29, 0.717) is 0 Å². The molecule has 0 fully saturated rings. The third-order valence-electron chi connectivity index (χ3n) is 2.20. The molecule has 0 amide bonds. The van der Waals surface area contributed by atoms with E-state index in [0.717, 1.165) is 33.2 Å². The Kier molecular flexibility index (Phi) is 5.28. The molecule has 3 nitrogen and oxygen atoms in total. The van der Waals surface area contributed by atoms with Crippen molar-refractivity contribution >= 4 is 39.8 Å². The summed E-state index contributed by atoms with van der Waals surface area (Å²) in [4.78, 5) is 0. The Hall–Kier alpha value is -0.780. The van der Waals surface area contributed by atoms with Crippen LogP contribution in [0.2, 0.25) is 5.02 Å². The van der Waals surface area contributed by atoms with Crippen molar-refractivity contribution in [2.45, 2.75) is 18.4 Å². The van der Waals surface area contributed by atoms with Crippen LogP contribution in [0, 0.1) is 0 Å². The van der Waals surface area contributed by atoms with Crippen LogP contribution in [0.4, 0.5) is 5.13 Å². The van der Waals surface area contributed by atoms with Gasteiger partial charge in [0.05, 0.1) is 0 Å². The van der Waals surface area contributed by atoms with Gasteiger partial charge in [-0.2, -0.15) is 0 Å². The minimum Gasteiger partial charge on any atom is -0.360 e. The number of aromatic nitrogens is 2. The fourth-order valence-electron chi connectivity index (χ4n) is 1.37. The second-order valence-electron chi connectivity index (χ2n) is 3.65. The molecule has 0 aliphatic carbocycles. The highest BCUT2D eigenvalue weighted by Crippen LogP contribution is 2.23. The first-order valence-electron chi connectivity index (χ1n) is 5.66. The number of hydrogen-bond acceptors (Lipinski definition) is 5. The average molecular weight is 300 g/mol. The molecule has 0 saturated heterocycles. The number of nitrogens with one attached hydrogen (secondary N) is 1. The fourth-order valence-corrected chi connectivity index (χ4v) is 3.35. The van der Waals surface area contributed by atoms with E-state index < -0.39 is 0 Å². The maximum absolute atomic E-state index is 5.84. The molecule has 2 aromatic rings. The number of benzene rings is 1. The van der Waals surface area contributed by atoms with E-state index >= 15 is 0 Å². The SMILES string of the molecule is CCNc1nnc(CSCc2ccc(Cl)cc2)s1. The Morgan fingerprint density at radius 3 is 2.72 bits per heavy atom. The van der Waals surface area contributed by atoms with Crippen molar-refractivity contribution in [1.29, 1.82) is 0 Å². The Bertz CT molecular complexity index is 484. The summed E-state index contributed by atoms with van der Waals surface area (Å²) in [6.45, 7) is 2.93. The maximum Gasteiger partial charge on any atom is 0.205 e. The van der Waals surface area contributed by atoms with Gasteiger partial charge in [-0.05, 0) is 24.6 Å². The van der Waals surface area contributed by atoms with Crippen molar-refractivity contribution in [2.24, 2.45) is 0 Å². The van der Waals surface area contributed by atoms with Gasteiger partial charge in [0.1, 0.15) is 5.01 Å². The van der Waals surface area contributed by atoms with Crippen LogP contribution in [-0.4, -0.2) is 16.7 Å². The number of halogens is 1. The van der Waals surface area contributed by atoms with Gasteiger partial charge in [-0.25, -0.2) is 0 Å². The van der Waals surface area contributed by atoms with Gasteiger partial charge in [-0.3, -0.25) is 0 Å². The zero-order valence-electron chi connectivity index (χ0n) is 10.0. The van der Waals surface area contributed by atoms with Crippen LogP contribution in [-0.2, 0) is 11.5 Å². The van der Waals surface area contributed by atoms with E-state index in [-0.39, 0.29) is 0 Å². The summed E-state index contributed by atoms with van der Waals surface area (Å²) in [7, 11) is 0. The van der Waals surface area contributed by atoms with E-state index in [9.17, 15) is 0 Å². The van der Waals surface area contributed by atoms with Gasteiger partial charge >= 0.3 is 0 Å². The second-order valence-corrected chi connectivity index (χ2v) is 6.13. The fraction of sp³-hybridized carbons (Fsp3) is 0.333. The van der Waals surface area contributed by atoms with Crippen molar-refractivity contribution in [2.75, 3.05) is 11.9 Å². The molecule has 0 unspecified atom stereocenters. The summed E-state index contributed by atoms with van der Waals surface area (Å²) in [5.74, 6) is 1.86. The lowest BCUT2D eigenvalue weighted by atomic mass is 10.2. The molecule has 1 aromatic heterocycles. The van der Waals surface area contributed by atoms with Crippen molar-refractivity contribution in [3.05, 3.63) is 39.9 Å². The number of thioether (sulfide) groups is 1. The molecule has 0 aliphatic heterocycles. The molecular formula is C12H14ClN3S2. The van der Waals surface area contributed by atoms with E-state index in [1.54, 1.807) is 11.3 Å². The average Bonchev–Trinajstić information content (AvgIpc) is 2.80. The predicted molar refractivity (Wildman–Crippen MR) is 80.5 cm³/mol. The van der Waals surface area contributed by atoms with Gasteiger partial charge in [0.25, 0.3) is 0 Å². The van der Waals surface area contributed by atoms with Crippen LogP contribution in [0.5, 0.6) is 0 Å². The summed E-state index contributed by atoms with van der Waals surface area (Å²) in [5, 5.41) is 14.1. The Labute approximate surface area is 120 Å². The molecule has 96 valence electrons. The highest BCUT2D eigenvalue weighted by Gasteiger charge is 2.03. The lowest BCUT2D eigenvalue weighted by Crippen LogP contribution is -1.94. The molecule has 0 spiro atoms. The van der Waals surface area contributed by atoms with Crippen LogP contribution in [0.25, 0.3) is 0 Å². The standard InChI is InChI=1S/C12H14ClN3S2/c1-2-14-12-16-15-11(18-12)8-17-7-9-3-5-10(13)6-4-9/h3-6H,2,7-8H2,1H3,(H,14,16). The van der Waals surface area contributed by atoms with Crippen LogP contribution in [0.3, 0.4) is 0 Å². The Balaban J connectivity index is 1.79. The quantitative estimate of drug-likeness (QED) is 0.873. The molecule has 2 rings (SSSR count). The minimum absolute atomic E-state index is 0.781. The number of rotatable bonds is 6. The van der Waals surface area contributed by atoms with Gasteiger partial charge in [-0.1, -0.05) is 35.1 Å². The van der Waals surface area contributed by atoms with Gasteiger partial charge in [0.15, 0.2) is 0 Å². The minimum atomic E-state index is 0.781. The zero-order chi connectivity index (χ0) is 12.8. The molecule has 0 atom stereocenters. The Morgan fingerprint density at radius 2 is 2.00 bits per heavy atom. The van der Waals surface area contributed by atoms with Crippen molar-refractivity contribution < 1.29 is 0 Å². The highest BCUT2D eigenvalue weighted by atomic mass is 35.5. The van der Waals surface area contributed by atoms with Crippen molar-refractivity contribution in [1.82, 2.24) is 10.2 Å². The van der Waals surface area contributed by atoms with Crippen LogP contribution >= 0.6 is 34.7 Å². The summed E-state index contributed by atoms with van der Waals surface area (Å²) in [6.07, 6.45) is 0. The largest absolute Gasteiger partial charge is 0.360 e. The van der Waals surface area contributed by atoms with Gasteiger partial charge < -0.3 is 5.32 Å². The van der Waals surface area contributed by atoms with E-state index in [2.05, 4.69) is 34.6 Å². The van der Waals surface area contributed by atoms with Crippen molar-refractivity contribution in [3.8, 4) is 0 Å². The smallest absolute Gasteiger partial charge is 0.205 e. The second kappa shape index (κ2) is 6.97. The van der Waals surface area contributed by atoms with Crippen molar-refractivity contribution in [3.63, 3.8) is 0 Å². The lowest BCUT2D eigenvalue weighted by Gasteiger charge is -1.99. The predicted octanol–water partition coefficient (Wildman–Crippen LogP) is 4.06. The molecule has 1 N–H and O–H groups in total. The third kappa shape index (κ3) is 4.15. The summed E-state index contributed by atoms with van der Waals surface area (Å²) in [6, 6.07) is 7.95. The highest BCUT2D eigenvalue weighted by molar-refractivity contribution is 7.97. The first-order chi connectivity index (χ1) is 8.78. The molecule has 6 heteroatoms. The van der Waals surface area contributed by atoms with E-state index in [1.807, 2.05) is 23.9 Å². The zero-order valence-corrected chi connectivity index (χ0v) is 12.4. The topological polar surface area (TPSA) is 37.8 Å². The number of hydrogen-bond donors (Lipinski definition) is 1. The third-order valence-corrected chi connectivity index (χ3v) is 4.53. The first kappa shape index (κ1) is 13.6. The monoisotopic (exact) mass is 299 g/mol. The number of nitrogens with zero attached hydrogens (tertiary/aromatic N) is 2. The van der Waals surface area contributed by atoms with Crippen LogP contribution in [0.15, 0.2) is 24.3 Å². The molecule has 0 bridgehead atoms. The molecule has 18 heavy (non-hydrogen) atoms. The number of anilines is 1. The molecule has 1 aromatic carbocycles. The Morgan fingerprint density at radius 1 is 1.22 bits per heavy atom.